The molecule has 4 aromatic rings. The van der Waals surface area contributed by atoms with Crippen molar-refractivity contribution in [3.05, 3.63) is 90.5 Å². The maximum Gasteiger partial charge on any atom is 0.343 e. The van der Waals surface area contributed by atoms with Crippen LogP contribution in [0.5, 0.6) is 5.88 Å². The summed E-state index contributed by atoms with van der Waals surface area (Å²) in [5, 5.41) is 0. The summed E-state index contributed by atoms with van der Waals surface area (Å²) in [6.07, 6.45) is -2.20. The van der Waals surface area contributed by atoms with E-state index in [0.717, 1.165) is 18.4 Å². The molecule has 1 aromatic heterocycles. The van der Waals surface area contributed by atoms with Gasteiger partial charge in [0.15, 0.2) is 15.7 Å². The van der Waals surface area contributed by atoms with Gasteiger partial charge in [0.1, 0.15) is 10.7 Å². The third kappa shape index (κ3) is 5.24. The fraction of sp³-hybridized carbons (Fsp3) is 0.0833. The van der Waals surface area contributed by atoms with Gasteiger partial charge in [-0.25, -0.2) is 26.6 Å². The van der Waals surface area contributed by atoms with Crippen molar-refractivity contribution < 1.29 is 34.2 Å². The van der Waals surface area contributed by atoms with Gasteiger partial charge in [0, 0.05) is 11.8 Å². The predicted octanol–water partition coefficient (Wildman–Crippen LogP) is 5.06. The quantitative estimate of drug-likeness (QED) is 0.306. The van der Waals surface area contributed by atoms with Crippen molar-refractivity contribution in [1.82, 2.24) is 9.97 Å². The number of hydrogen-bond acceptors (Lipinski definition) is 7. The molecule has 186 valence electrons. The number of sulfone groups is 1. The fourth-order valence-corrected chi connectivity index (χ4v) is 4.95. The van der Waals surface area contributed by atoms with Crippen molar-refractivity contribution in [2.24, 2.45) is 0 Å². The molecule has 3 aromatic carbocycles. The maximum absolute atomic E-state index is 14.2. The molecule has 0 aliphatic heterocycles. The molecular formula is C24H17F3N2O5S2. The first-order chi connectivity index (χ1) is 17.0. The van der Waals surface area contributed by atoms with Gasteiger partial charge in [0.05, 0.1) is 16.2 Å². The van der Waals surface area contributed by atoms with Gasteiger partial charge in [-0.1, -0.05) is 54.6 Å². The van der Waals surface area contributed by atoms with Gasteiger partial charge in [-0.05, 0) is 29.8 Å². The topological polar surface area (TPSA) is 103 Å². The summed E-state index contributed by atoms with van der Waals surface area (Å²) >= 11 is 0. The zero-order valence-electron chi connectivity index (χ0n) is 18.5. The number of hydrogen-bond donors (Lipinski definition) is 0. The summed E-state index contributed by atoms with van der Waals surface area (Å²) in [6, 6.07) is 17.7. The Hall–Kier alpha value is -3.77. The minimum Gasteiger partial charge on any atom is -0.357 e. The molecule has 0 atom stereocenters. The van der Waals surface area contributed by atoms with Gasteiger partial charge in [0.25, 0.3) is 6.43 Å². The molecule has 36 heavy (non-hydrogen) atoms. The molecule has 0 saturated heterocycles. The molecule has 12 heteroatoms. The van der Waals surface area contributed by atoms with Gasteiger partial charge in [0.2, 0.25) is 5.88 Å². The van der Waals surface area contributed by atoms with Gasteiger partial charge in [-0.2, -0.15) is 13.4 Å². The van der Waals surface area contributed by atoms with Crippen molar-refractivity contribution >= 4 is 20.0 Å². The summed E-state index contributed by atoms with van der Waals surface area (Å²) in [6.45, 7) is 0. The number of aromatic nitrogens is 2. The van der Waals surface area contributed by atoms with Crippen LogP contribution in [0.1, 0.15) is 12.2 Å². The van der Waals surface area contributed by atoms with Crippen molar-refractivity contribution in [3.8, 4) is 28.3 Å². The molecule has 1 heterocycles. The first-order valence-electron chi connectivity index (χ1n) is 10.2. The summed E-state index contributed by atoms with van der Waals surface area (Å²) in [5.41, 5.74) is 0.315. The van der Waals surface area contributed by atoms with E-state index < -0.39 is 48.8 Å². The standard InChI is InChI=1S/C24H17F3N2O5S2/c1-35(30,31)17-13-11-16(12-14-17)21-20(15-7-3-2-4-8-15)24(29-23(28-21)22(26)27)34-36(32,33)19-10-6-5-9-18(19)25/h2-14,22H,1H3. The SMILES string of the molecule is CS(=O)(=O)c1ccc(-c2nc(C(F)F)nc(OS(=O)(=O)c3ccccc3F)c2-c2ccccc2)cc1. The number of halogens is 3. The van der Waals surface area contributed by atoms with Crippen LogP contribution in [0.3, 0.4) is 0 Å². The van der Waals surface area contributed by atoms with Crippen molar-refractivity contribution in [2.45, 2.75) is 16.2 Å². The van der Waals surface area contributed by atoms with Gasteiger partial charge in [-0.3, -0.25) is 0 Å². The highest BCUT2D eigenvalue weighted by atomic mass is 32.2. The molecule has 0 amide bonds. The van der Waals surface area contributed by atoms with E-state index in [1.54, 1.807) is 30.3 Å². The molecule has 0 aliphatic rings. The van der Waals surface area contributed by atoms with E-state index >= 15 is 0 Å². The second kappa shape index (κ2) is 9.70. The van der Waals surface area contributed by atoms with Crippen LogP contribution in [0.15, 0.2) is 88.7 Å². The third-order valence-corrected chi connectivity index (χ3v) is 7.38. The number of nitrogens with zero attached hydrogens (tertiary/aromatic N) is 2. The fourth-order valence-electron chi connectivity index (χ4n) is 3.34. The second-order valence-corrected chi connectivity index (χ2v) is 11.1. The first-order valence-corrected chi connectivity index (χ1v) is 13.5. The van der Waals surface area contributed by atoms with E-state index in [2.05, 4.69) is 9.97 Å². The zero-order valence-corrected chi connectivity index (χ0v) is 20.1. The Balaban J connectivity index is 1.99. The number of benzene rings is 3. The van der Waals surface area contributed by atoms with E-state index in [1.807, 2.05) is 0 Å². The van der Waals surface area contributed by atoms with Crippen LogP contribution in [0, 0.1) is 5.82 Å². The van der Waals surface area contributed by atoms with Crippen LogP contribution < -0.4 is 4.18 Å². The molecule has 0 fully saturated rings. The monoisotopic (exact) mass is 534 g/mol. The van der Waals surface area contributed by atoms with Crippen LogP contribution in [-0.4, -0.2) is 33.1 Å². The molecule has 0 unspecified atom stereocenters. The largest absolute Gasteiger partial charge is 0.357 e. The molecular weight excluding hydrogens is 517 g/mol. The maximum atomic E-state index is 14.2. The molecule has 0 N–H and O–H groups in total. The summed E-state index contributed by atoms with van der Waals surface area (Å²) in [5.74, 6) is -2.87. The second-order valence-electron chi connectivity index (χ2n) is 7.54. The van der Waals surface area contributed by atoms with Crippen molar-refractivity contribution in [3.63, 3.8) is 0 Å². The van der Waals surface area contributed by atoms with E-state index in [0.29, 0.717) is 5.56 Å². The average molecular weight is 535 g/mol. The van der Waals surface area contributed by atoms with E-state index in [9.17, 15) is 30.0 Å². The molecule has 0 spiro atoms. The minimum absolute atomic E-state index is 0.0192. The smallest absolute Gasteiger partial charge is 0.343 e. The number of rotatable bonds is 7. The highest BCUT2D eigenvalue weighted by Crippen LogP contribution is 2.39. The minimum atomic E-state index is -4.83. The Morgan fingerprint density at radius 1 is 0.778 bits per heavy atom. The van der Waals surface area contributed by atoms with Crippen LogP contribution >= 0.6 is 0 Å². The van der Waals surface area contributed by atoms with E-state index in [4.69, 9.17) is 4.18 Å². The molecule has 0 radical (unpaired) electrons. The van der Waals surface area contributed by atoms with Crippen LogP contribution in [0.2, 0.25) is 0 Å². The molecule has 0 bridgehead atoms. The molecule has 0 saturated carbocycles. The average Bonchev–Trinajstić information content (AvgIpc) is 2.83. The van der Waals surface area contributed by atoms with Gasteiger partial charge >= 0.3 is 10.1 Å². The lowest BCUT2D eigenvalue weighted by molar-refractivity contribution is 0.140. The normalized spacial score (nSPS) is 12.0. The lowest BCUT2D eigenvalue weighted by atomic mass is 10.00. The van der Waals surface area contributed by atoms with Gasteiger partial charge < -0.3 is 4.18 Å². The highest BCUT2D eigenvalue weighted by molar-refractivity contribution is 7.90. The Labute approximate surface area is 205 Å². The number of alkyl halides is 2. The van der Waals surface area contributed by atoms with Crippen LogP contribution in [-0.2, 0) is 20.0 Å². The molecule has 0 aliphatic carbocycles. The van der Waals surface area contributed by atoms with E-state index in [-0.39, 0.29) is 21.7 Å². The molecule has 7 nitrogen and oxygen atoms in total. The van der Waals surface area contributed by atoms with Crippen molar-refractivity contribution in [2.75, 3.05) is 6.26 Å². The Kier molecular flexibility index (Phi) is 6.83. The molecule has 4 rings (SSSR count). The summed E-state index contributed by atoms with van der Waals surface area (Å²) < 4.78 is 96.4. The van der Waals surface area contributed by atoms with Crippen LogP contribution in [0.4, 0.5) is 13.2 Å². The zero-order chi connectivity index (χ0) is 26.1. The lowest BCUT2D eigenvalue weighted by Gasteiger charge is -2.16. The van der Waals surface area contributed by atoms with Crippen molar-refractivity contribution in [1.29, 1.82) is 0 Å². The predicted molar refractivity (Wildman–Crippen MR) is 125 cm³/mol. The Morgan fingerprint density at radius 2 is 1.39 bits per heavy atom. The van der Waals surface area contributed by atoms with Crippen LogP contribution in [0.25, 0.3) is 22.4 Å². The Bertz CT molecular complexity index is 1630. The summed E-state index contributed by atoms with van der Waals surface area (Å²) in [7, 11) is -8.38. The summed E-state index contributed by atoms with van der Waals surface area (Å²) in [4.78, 5) is 6.76. The highest BCUT2D eigenvalue weighted by Gasteiger charge is 2.28. The third-order valence-electron chi connectivity index (χ3n) is 5.00. The Morgan fingerprint density at radius 3 is 1.97 bits per heavy atom. The van der Waals surface area contributed by atoms with E-state index in [1.165, 1.54) is 36.4 Å². The first kappa shape index (κ1) is 25.3. The van der Waals surface area contributed by atoms with Gasteiger partial charge in [-0.15, -0.1) is 0 Å². The lowest BCUT2D eigenvalue weighted by Crippen LogP contribution is -2.15.